The molecule has 0 aromatic heterocycles. The molecule has 3 aliphatic carbocycles. The van der Waals surface area contributed by atoms with Crippen LogP contribution in [0.25, 0.3) is 0 Å². The Morgan fingerprint density at radius 2 is 2.12 bits per heavy atom. The van der Waals surface area contributed by atoms with Gasteiger partial charge < -0.3 is 5.32 Å². The highest BCUT2D eigenvalue weighted by Crippen LogP contribution is 2.71. The largest absolute Gasteiger partial charge is 0.355 e. The van der Waals surface area contributed by atoms with Gasteiger partial charge in [-0.05, 0) is 54.7 Å². The molecule has 1 aromatic carbocycles. The van der Waals surface area contributed by atoms with Gasteiger partial charge in [0.1, 0.15) is 5.78 Å². The molecular weight excluding hydrogens is 310 g/mol. The van der Waals surface area contributed by atoms with E-state index in [0.717, 1.165) is 19.3 Å². The number of Topliss-reactive ketones (excluding diaryl/α,β-unsaturated/α-hetero) is 1. The van der Waals surface area contributed by atoms with Crippen molar-refractivity contribution in [3.8, 4) is 0 Å². The number of rotatable bonds is 3. The summed E-state index contributed by atoms with van der Waals surface area (Å²) < 4.78 is 0. The van der Waals surface area contributed by atoms with Crippen LogP contribution in [-0.4, -0.2) is 18.2 Å². The molecule has 1 amide bonds. The average Bonchev–Trinajstić information content (AvgIpc) is 2.93. The van der Waals surface area contributed by atoms with Crippen LogP contribution in [-0.2, 0) is 9.59 Å². The van der Waals surface area contributed by atoms with Gasteiger partial charge in [-0.1, -0.05) is 39.0 Å². The van der Waals surface area contributed by atoms with Crippen molar-refractivity contribution < 1.29 is 9.59 Å². The number of benzene rings is 1. The van der Waals surface area contributed by atoms with Gasteiger partial charge in [-0.3, -0.25) is 9.59 Å². The molecule has 3 aliphatic rings. The van der Waals surface area contributed by atoms with Crippen molar-refractivity contribution in [3.63, 3.8) is 0 Å². The molecule has 3 nitrogen and oxygen atoms in total. The van der Waals surface area contributed by atoms with Crippen molar-refractivity contribution in [2.75, 3.05) is 6.54 Å². The van der Waals surface area contributed by atoms with Crippen molar-refractivity contribution in [2.45, 2.75) is 65.2 Å². The number of hydrogen-bond donors (Lipinski definition) is 1. The van der Waals surface area contributed by atoms with E-state index in [1.165, 1.54) is 16.7 Å². The lowest BCUT2D eigenvalue weighted by molar-refractivity contribution is -0.126. The standard InChI is InChI=1S/C22H29NO2/c1-13(2)11-23-20(25)19-18-14(3)6-5-7-15(18)16-8-9-21(4)12-22(16,19)10-17(21)24/h5-7,13,16,19H,8-12H2,1-4H3,(H,23,25)/t16-,19+,21-,22+/m0/s1. The molecule has 0 radical (unpaired) electrons. The quantitative estimate of drug-likeness (QED) is 0.901. The molecule has 1 aromatic rings. The first-order valence-corrected chi connectivity index (χ1v) is 9.69. The molecule has 3 heteroatoms. The molecular formula is C22H29NO2. The minimum Gasteiger partial charge on any atom is -0.355 e. The van der Waals surface area contributed by atoms with Crippen molar-refractivity contribution >= 4 is 11.7 Å². The number of ketones is 1. The number of hydrogen-bond acceptors (Lipinski definition) is 2. The molecule has 2 saturated carbocycles. The van der Waals surface area contributed by atoms with Crippen molar-refractivity contribution in [2.24, 2.45) is 16.7 Å². The Hall–Kier alpha value is -1.64. The minimum absolute atomic E-state index is 0.130. The van der Waals surface area contributed by atoms with Crippen LogP contribution in [0.4, 0.5) is 0 Å². The monoisotopic (exact) mass is 339 g/mol. The van der Waals surface area contributed by atoms with Crippen LogP contribution < -0.4 is 5.32 Å². The zero-order valence-electron chi connectivity index (χ0n) is 15.8. The van der Waals surface area contributed by atoms with Crippen molar-refractivity contribution in [1.82, 2.24) is 5.32 Å². The number of amides is 1. The van der Waals surface area contributed by atoms with Crippen LogP contribution in [0.2, 0.25) is 0 Å². The second kappa shape index (κ2) is 5.43. The van der Waals surface area contributed by atoms with Gasteiger partial charge in [-0.25, -0.2) is 0 Å². The first-order chi connectivity index (χ1) is 11.8. The number of nitrogens with one attached hydrogen (secondary N) is 1. The average molecular weight is 339 g/mol. The zero-order valence-corrected chi connectivity index (χ0v) is 15.8. The summed E-state index contributed by atoms with van der Waals surface area (Å²) in [6, 6.07) is 6.43. The Morgan fingerprint density at radius 3 is 2.84 bits per heavy atom. The SMILES string of the molecule is Cc1cccc2c1[C@H](C(=O)NCC(C)C)[C@@]13CC(=O)[C@@](C)(CC[C@@H]21)C3. The first-order valence-electron chi connectivity index (χ1n) is 9.69. The van der Waals surface area contributed by atoms with Crippen molar-refractivity contribution in [3.05, 3.63) is 34.9 Å². The van der Waals surface area contributed by atoms with E-state index in [2.05, 4.69) is 51.2 Å². The van der Waals surface area contributed by atoms with E-state index in [1.807, 2.05) is 0 Å². The molecule has 0 aliphatic heterocycles. The first kappa shape index (κ1) is 16.8. The van der Waals surface area contributed by atoms with Crippen LogP contribution in [0, 0.1) is 23.7 Å². The molecule has 4 atom stereocenters. The molecule has 1 N–H and O–H groups in total. The Balaban J connectivity index is 1.82. The van der Waals surface area contributed by atoms with E-state index < -0.39 is 0 Å². The van der Waals surface area contributed by atoms with E-state index in [4.69, 9.17) is 0 Å². The summed E-state index contributed by atoms with van der Waals surface area (Å²) in [5.41, 5.74) is 3.34. The molecule has 2 fully saturated rings. The molecule has 25 heavy (non-hydrogen) atoms. The second-order valence-corrected chi connectivity index (χ2v) is 9.31. The lowest BCUT2D eigenvalue weighted by atomic mass is 9.60. The topological polar surface area (TPSA) is 46.2 Å². The smallest absolute Gasteiger partial charge is 0.228 e. The number of carbonyl (C=O) groups is 2. The van der Waals surface area contributed by atoms with Gasteiger partial charge in [-0.2, -0.15) is 0 Å². The van der Waals surface area contributed by atoms with Crippen LogP contribution in [0.15, 0.2) is 18.2 Å². The summed E-state index contributed by atoms with van der Waals surface area (Å²) >= 11 is 0. The fourth-order valence-corrected chi connectivity index (χ4v) is 5.98. The fraction of sp³-hybridized carbons (Fsp3) is 0.636. The molecule has 134 valence electrons. The Bertz CT molecular complexity index is 752. The third-order valence-corrected chi connectivity index (χ3v) is 7.10. The highest BCUT2D eigenvalue weighted by Gasteiger charge is 2.66. The summed E-state index contributed by atoms with van der Waals surface area (Å²) in [5, 5.41) is 3.18. The normalized spacial score (nSPS) is 35.6. The third-order valence-electron chi connectivity index (χ3n) is 7.10. The Morgan fingerprint density at radius 1 is 1.36 bits per heavy atom. The van der Waals surface area contributed by atoms with Gasteiger partial charge in [0.05, 0.1) is 5.92 Å². The van der Waals surface area contributed by atoms with E-state index in [-0.39, 0.29) is 22.7 Å². The van der Waals surface area contributed by atoms with Crippen LogP contribution in [0.5, 0.6) is 0 Å². The molecule has 1 spiro atoms. The molecule has 0 heterocycles. The minimum atomic E-state index is -0.219. The summed E-state index contributed by atoms with van der Waals surface area (Å²) in [6.07, 6.45) is 3.44. The predicted octanol–water partition coefficient (Wildman–Crippen LogP) is 4.10. The maximum Gasteiger partial charge on any atom is 0.228 e. The van der Waals surface area contributed by atoms with Gasteiger partial charge in [0.2, 0.25) is 5.91 Å². The van der Waals surface area contributed by atoms with Crippen LogP contribution in [0.1, 0.15) is 75.0 Å². The summed E-state index contributed by atoms with van der Waals surface area (Å²) in [4.78, 5) is 26.1. The van der Waals surface area contributed by atoms with E-state index in [9.17, 15) is 9.59 Å². The van der Waals surface area contributed by atoms with Crippen LogP contribution >= 0.6 is 0 Å². The third kappa shape index (κ3) is 2.24. The fourth-order valence-electron chi connectivity index (χ4n) is 5.98. The maximum absolute atomic E-state index is 13.3. The highest BCUT2D eigenvalue weighted by molar-refractivity contribution is 5.94. The maximum atomic E-state index is 13.3. The van der Waals surface area contributed by atoms with Gasteiger partial charge in [0, 0.05) is 23.8 Å². The Labute approximate surface area is 150 Å². The predicted molar refractivity (Wildman–Crippen MR) is 98.5 cm³/mol. The Kier molecular flexibility index (Phi) is 3.65. The number of fused-ring (bicyclic) bond motifs is 3. The van der Waals surface area contributed by atoms with E-state index >= 15 is 0 Å². The van der Waals surface area contributed by atoms with Gasteiger partial charge in [0.25, 0.3) is 0 Å². The number of carbonyl (C=O) groups excluding carboxylic acids is 2. The molecule has 2 bridgehead atoms. The second-order valence-electron chi connectivity index (χ2n) is 9.31. The molecule has 4 rings (SSSR count). The molecule has 0 unspecified atom stereocenters. The summed E-state index contributed by atoms with van der Waals surface area (Å²) in [7, 11) is 0. The number of aryl methyl sites for hydroxylation is 1. The lowest BCUT2D eigenvalue weighted by Gasteiger charge is -2.42. The molecule has 0 saturated heterocycles. The zero-order chi connectivity index (χ0) is 18.0. The summed E-state index contributed by atoms with van der Waals surface area (Å²) in [6.45, 7) is 9.17. The highest BCUT2D eigenvalue weighted by atomic mass is 16.2. The van der Waals surface area contributed by atoms with Crippen LogP contribution in [0.3, 0.4) is 0 Å². The summed E-state index contributed by atoms with van der Waals surface area (Å²) in [5.74, 6) is 1.12. The van der Waals surface area contributed by atoms with E-state index in [1.54, 1.807) is 0 Å². The lowest BCUT2D eigenvalue weighted by Crippen LogP contribution is -2.41. The van der Waals surface area contributed by atoms with Gasteiger partial charge in [-0.15, -0.1) is 0 Å². The van der Waals surface area contributed by atoms with Crippen molar-refractivity contribution in [1.29, 1.82) is 0 Å². The van der Waals surface area contributed by atoms with E-state index in [0.29, 0.717) is 30.6 Å². The van der Waals surface area contributed by atoms with Gasteiger partial charge in [0.15, 0.2) is 0 Å². The van der Waals surface area contributed by atoms with Gasteiger partial charge >= 0.3 is 0 Å².